The first-order valence-electron chi connectivity index (χ1n) is 5.93. The first kappa shape index (κ1) is 14.3. The molecule has 1 aromatic carbocycles. The summed E-state index contributed by atoms with van der Waals surface area (Å²) in [6.45, 7) is 1.88. The molecule has 1 N–H and O–H groups in total. The van der Waals surface area contributed by atoms with E-state index in [1.807, 2.05) is 6.92 Å². The Morgan fingerprint density at radius 2 is 2.20 bits per heavy atom. The third-order valence-electron chi connectivity index (χ3n) is 2.70. The lowest BCUT2D eigenvalue weighted by Crippen LogP contribution is -2.23. The molecule has 106 valence electrons. The summed E-state index contributed by atoms with van der Waals surface area (Å²) in [7, 11) is -0.929. The number of nitrogens with one attached hydrogen (secondary N) is 1. The van der Waals surface area contributed by atoms with Crippen LogP contribution in [0.1, 0.15) is 6.92 Å². The average Bonchev–Trinajstić information content (AvgIpc) is 2.37. The van der Waals surface area contributed by atoms with E-state index in [1.165, 1.54) is 18.5 Å². The van der Waals surface area contributed by atoms with Crippen molar-refractivity contribution >= 4 is 33.2 Å². The lowest BCUT2D eigenvalue weighted by atomic mass is 10.2. The van der Waals surface area contributed by atoms with Crippen molar-refractivity contribution in [3.05, 3.63) is 34.6 Å². The van der Waals surface area contributed by atoms with Crippen LogP contribution in [0.3, 0.4) is 0 Å². The van der Waals surface area contributed by atoms with Crippen molar-refractivity contribution in [2.45, 2.75) is 13.0 Å². The molecule has 2 aromatic rings. The van der Waals surface area contributed by atoms with Gasteiger partial charge >= 0.3 is 0 Å². The number of rotatable bonds is 5. The van der Waals surface area contributed by atoms with Gasteiger partial charge in [-0.1, -0.05) is 0 Å². The number of benzene rings is 1. The van der Waals surface area contributed by atoms with Gasteiger partial charge in [-0.15, -0.1) is 0 Å². The van der Waals surface area contributed by atoms with E-state index in [0.717, 1.165) is 0 Å². The van der Waals surface area contributed by atoms with Gasteiger partial charge in [-0.2, -0.15) is 0 Å². The molecule has 7 nitrogen and oxygen atoms in total. The fourth-order valence-electron chi connectivity index (χ4n) is 1.90. The summed E-state index contributed by atoms with van der Waals surface area (Å²) in [6, 6.07) is 4.37. The van der Waals surface area contributed by atoms with E-state index >= 15 is 0 Å². The van der Waals surface area contributed by atoms with Crippen LogP contribution in [-0.4, -0.2) is 37.2 Å². The predicted octanol–water partition coefficient (Wildman–Crippen LogP) is 1.72. The first-order valence-corrected chi connectivity index (χ1v) is 7.66. The Labute approximate surface area is 118 Å². The molecule has 1 heterocycles. The largest absolute Gasteiger partial charge is 0.366 e. The molecule has 2 atom stereocenters. The second-order valence-corrected chi connectivity index (χ2v) is 5.95. The number of nitro benzene ring substituents is 1. The lowest BCUT2D eigenvalue weighted by Gasteiger charge is -2.14. The van der Waals surface area contributed by atoms with Crippen LogP contribution in [0.25, 0.3) is 10.9 Å². The van der Waals surface area contributed by atoms with Gasteiger partial charge in [0.05, 0.1) is 10.4 Å². The van der Waals surface area contributed by atoms with E-state index in [0.29, 0.717) is 22.5 Å². The molecule has 0 radical (unpaired) electrons. The van der Waals surface area contributed by atoms with E-state index in [1.54, 1.807) is 12.3 Å². The molecule has 0 fully saturated rings. The third-order valence-corrected chi connectivity index (χ3v) is 3.67. The van der Waals surface area contributed by atoms with Crippen molar-refractivity contribution in [1.29, 1.82) is 0 Å². The number of aromatic nitrogens is 2. The Morgan fingerprint density at radius 1 is 1.45 bits per heavy atom. The topological polar surface area (TPSA) is 98.0 Å². The summed E-state index contributed by atoms with van der Waals surface area (Å²) in [5.74, 6) is 0.983. The van der Waals surface area contributed by atoms with Gasteiger partial charge in [0.2, 0.25) is 0 Å². The second kappa shape index (κ2) is 5.91. The maximum atomic E-state index is 11.2. The van der Waals surface area contributed by atoms with Gasteiger partial charge in [-0.25, -0.2) is 9.97 Å². The highest BCUT2D eigenvalue weighted by Gasteiger charge is 2.12. The zero-order valence-electron chi connectivity index (χ0n) is 11.1. The fourth-order valence-corrected chi connectivity index (χ4v) is 2.69. The first-order chi connectivity index (χ1) is 9.47. The number of hydrogen-bond acceptors (Lipinski definition) is 6. The van der Waals surface area contributed by atoms with Gasteiger partial charge in [0.25, 0.3) is 5.69 Å². The summed E-state index contributed by atoms with van der Waals surface area (Å²) >= 11 is 0. The molecule has 2 unspecified atom stereocenters. The monoisotopic (exact) mass is 294 g/mol. The van der Waals surface area contributed by atoms with Crippen LogP contribution >= 0.6 is 0 Å². The summed E-state index contributed by atoms with van der Waals surface area (Å²) in [5, 5.41) is 14.5. The Balaban J connectivity index is 2.39. The molecule has 20 heavy (non-hydrogen) atoms. The number of anilines is 1. The van der Waals surface area contributed by atoms with Gasteiger partial charge in [0.15, 0.2) is 0 Å². The molecule has 2 rings (SSSR count). The summed E-state index contributed by atoms with van der Waals surface area (Å²) in [6.07, 6.45) is 3.02. The highest BCUT2D eigenvalue weighted by atomic mass is 32.2. The molecule has 1 aromatic heterocycles. The quantitative estimate of drug-likeness (QED) is 0.666. The smallest absolute Gasteiger partial charge is 0.270 e. The minimum atomic E-state index is -0.929. The number of nitrogens with zero attached hydrogens (tertiary/aromatic N) is 3. The van der Waals surface area contributed by atoms with E-state index in [9.17, 15) is 14.3 Å². The van der Waals surface area contributed by atoms with Crippen LogP contribution in [-0.2, 0) is 10.8 Å². The van der Waals surface area contributed by atoms with E-state index in [-0.39, 0.29) is 11.7 Å². The molecule has 0 bridgehead atoms. The van der Waals surface area contributed by atoms with Gasteiger partial charge in [0.1, 0.15) is 12.1 Å². The van der Waals surface area contributed by atoms with Crippen molar-refractivity contribution in [2.24, 2.45) is 0 Å². The molecule has 0 aliphatic carbocycles. The van der Waals surface area contributed by atoms with Crippen molar-refractivity contribution in [3.63, 3.8) is 0 Å². The number of fused-ring (bicyclic) bond motifs is 1. The highest BCUT2D eigenvalue weighted by molar-refractivity contribution is 7.84. The van der Waals surface area contributed by atoms with Gasteiger partial charge in [-0.05, 0) is 13.0 Å². The Kier molecular flexibility index (Phi) is 4.23. The fraction of sp³-hybridized carbons (Fsp3) is 0.333. The Bertz CT molecular complexity index is 677. The molecular formula is C12H14N4O3S. The normalized spacial score (nSPS) is 13.9. The number of nitro groups is 1. The molecule has 0 saturated carbocycles. The molecule has 0 aliphatic heterocycles. The Hall–Kier alpha value is -2.09. The van der Waals surface area contributed by atoms with Crippen LogP contribution in [0.4, 0.5) is 11.5 Å². The molecule has 8 heteroatoms. The maximum absolute atomic E-state index is 11.2. The number of non-ortho nitro benzene ring substituents is 1. The van der Waals surface area contributed by atoms with Crippen LogP contribution in [0.2, 0.25) is 0 Å². The molecule has 0 saturated heterocycles. The molecule has 0 amide bonds. The minimum absolute atomic E-state index is 0.0120. The summed E-state index contributed by atoms with van der Waals surface area (Å²) < 4.78 is 11.2. The number of hydrogen-bond donors (Lipinski definition) is 1. The molecule has 0 spiro atoms. The van der Waals surface area contributed by atoms with E-state index < -0.39 is 15.7 Å². The van der Waals surface area contributed by atoms with Crippen LogP contribution in [0.5, 0.6) is 0 Å². The highest BCUT2D eigenvalue weighted by Crippen LogP contribution is 2.24. The zero-order valence-corrected chi connectivity index (χ0v) is 11.9. The van der Waals surface area contributed by atoms with Crippen LogP contribution in [0, 0.1) is 10.1 Å². The molecular weight excluding hydrogens is 280 g/mol. The summed E-state index contributed by atoms with van der Waals surface area (Å²) in [4.78, 5) is 18.6. The lowest BCUT2D eigenvalue weighted by molar-refractivity contribution is -0.384. The van der Waals surface area contributed by atoms with Gasteiger partial charge < -0.3 is 5.32 Å². The van der Waals surface area contributed by atoms with Crippen molar-refractivity contribution in [3.8, 4) is 0 Å². The maximum Gasteiger partial charge on any atom is 0.270 e. The van der Waals surface area contributed by atoms with Crippen molar-refractivity contribution in [2.75, 3.05) is 17.3 Å². The van der Waals surface area contributed by atoms with Gasteiger partial charge in [-0.3, -0.25) is 14.3 Å². The second-order valence-electron chi connectivity index (χ2n) is 4.47. The minimum Gasteiger partial charge on any atom is -0.366 e. The third kappa shape index (κ3) is 3.27. The standard InChI is InChI=1S/C12H14N4O3S/c1-8(6-20(2)19)15-12-10-5-9(16(17)18)3-4-11(10)13-7-14-12/h3-5,7-8H,6H2,1-2H3,(H,13,14,15). The molecule has 0 aliphatic rings. The van der Waals surface area contributed by atoms with E-state index in [4.69, 9.17) is 0 Å². The van der Waals surface area contributed by atoms with Crippen molar-refractivity contribution in [1.82, 2.24) is 9.97 Å². The van der Waals surface area contributed by atoms with E-state index in [2.05, 4.69) is 15.3 Å². The SMILES string of the molecule is CC(CS(C)=O)Nc1ncnc2ccc([N+](=O)[O-])cc12. The predicted molar refractivity (Wildman–Crippen MR) is 78.2 cm³/mol. The van der Waals surface area contributed by atoms with Crippen LogP contribution in [0.15, 0.2) is 24.5 Å². The average molecular weight is 294 g/mol. The zero-order chi connectivity index (χ0) is 14.7. The summed E-state index contributed by atoms with van der Waals surface area (Å²) in [5.41, 5.74) is 0.611. The van der Waals surface area contributed by atoms with Crippen molar-refractivity contribution < 1.29 is 9.13 Å². The van der Waals surface area contributed by atoms with Crippen LogP contribution < -0.4 is 5.32 Å². The Morgan fingerprint density at radius 3 is 2.85 bits per heavy atom. The van der Waals surface area contributed by atoms with Gasteiger partial charge in [0, 0.05) is 46.4 Å².